The quantitative estimate of drug-likeness (QED) is 0.675. The molecule has 1 saturated carbocycles. The van der Waals surface area contributed by atoms with Gasteiger partial charge in [-0.3, -0.25) is 0 Å². The van der Waals surface area contributed by atoms with E-state index >= 15 is 0 Å². The summed E-state index contributed by atoms with van der Waals surface area (Å²) in [6, 6.07) is 4.74. The summed E-state index contributed by atoms with van der Waals surface area (Å²) in [5, 5.41) is 0. The molecule has 0 bridgehead atoms. The number of benzene rings is 1. The first-order chi connectivity index (χ1) is 8.11. The molecule has 17 heavy (non-hydrogen) atoms. The first kappa shape index (κ1) is 12.4. The Bertz CT molecular complexity index is 422. The summed E-state index contributed by atoms with van der Waals surface area (Å²) in [7, 11) is 0. The van der Waals surface area contributed by atoms with Crippen LogP contribution in [0, 0.1) is 19.8 Å². The molecular formula is C17H24. The van der Waals surface area contributed by atoms with Gasteiger partial charge < -0.3 is 0 Å². The molecule has 0 amide bonds. The number of hydrogen-bond acceptors (Lipinski definition) is 0. The normalized spacial score (nSPS) is 15.7. The molecule has 1 aromatic carbocycles. The van der Waals surface area contributed by atoms with Gasteiger partial charge in [0.2, 0.25) is 0 Å². The molecule has 0 nitrogen and oxygen atoms in total. The van der Waals surface area contributed by atoms with Gasteiger partial charge in [0.05, 0.1) is 0 Å². The van der Waals surface area contributed by atoms with Crippen LogP contribution in [0.2, 0.25) is 0 Å². The first-order valence-corrected chi connectivity index (χ1v) is 6.90. The fraction of sp³-hybridized carbons (Fsp3) is 0.529. The van der Waals surface area contributed by atoms with Crippen LogP contribution in [0.15, 0.2) is 18.7 Å². The van der Waals surface area contributed by atoms with Gasteiger partial charge >= 0.3 is 0 Å². The lowest BCUT2D eigenvalue weighted by atomic mass is 9.79. The molecule has 1 fully saturated rings. The van der Waals surface area contributed by atoms with E-state index in [-0.39, 0.29) is 0 Å². The topological polar surface area (TPSA) is 0 Å². The molecule has 0 N–H and O–H groups in total. The van der Waals surface area contributed by atoms with Crippen LogP contribution in [0.4, 0.5) is 0 Å². The van der Waals surface area contributed by atoms with E-state index in [1.807, 2.05) is 0 Å². The monoisotopic (exact) mass is 228 g/mol. The molecule has 0 aliphatic heterocycles. The van der Waals surface area contributed by atoms with Gasteiger partial charge in [-0.1, -0.05) is 44.9 Å². The Labute approximate surface area is 106 Å². The summed E-state index contributed by atoms with van der Waals surface area (Å²) >= 11 is 0. The van der Waals surface area contributed by atoms with Gasteiger partial charge in [-0.05, 0) is 60.4 Å². The van der Waals surface area contributed by atoms with Crippen LogP contribution in [-0.2, 0) is 6.42 Å². The molecule has 0 radical (unpaired) electrons. The molecule has 0 heteroatoms. The molecule has 92 valence electrons. The molecule has 0 aromatic heterocycles. The van der Waals surface area contributed by atoms with Gasteiger partial charge in [0, 0.05) is 0 Å². The predicted molar refractivity (Wildman–Crippen MR) is 76.3 cm³/mol. The fourth-order valence-corrected chi connectivity index (χ4v) is 2.68. The van der Waals surface area contributed by atoms with Crippen molar-refractivity contribution in [3.63, 3.8) is 0 Å². The van der Waals surface area contributed by atoms with Gasteiger partial charge in [-0.2, -0.15) is 0 Å². The second kappa shape index (κ2) is 5.08. The van der Waals surface area contributed by atoms with Gasteiger partial charge in [0.25, 0.3) is 0 Å². The average molecular weight is 228 g/mol. The molecule has 0 saturated heterocycles. The van der Waals surface area contributed by atoms with Gasteiger partial charge in [0.1, 0.15) is 0 Å². The number of rotatable bonds is 4. The Morgan fingerprint density at radius 2 is 1.94 bits per heavy atom. The summed E-state index contributed by atoms with van der Waals surface area (Å²) in [5.74, 6) is 0.952. The van der Waals surface area contributed by atoms with Crippen molar-refractivity contribution in [1.82, 2.24) is 0 Å². The van der Waals surface area contributed by atoms with E-state index in [2.05, 4.69) is 39.5 Å². The Morgan fingerprint density at radius 3 is 2.47 bits per heavy atom. The van der Waals surface area contributed by atoms with Crippen molar-refractivity contribution in [2.45, 2.75) is 52.9 Å². The van der Waals surface area contributed by atoms with Crippen molar-refractivity contribution in [2.24, 2.45) is 5.92 Å². The summed E-state index contributed by atoms with van der Waals surface area (Å²) in [6.07, 6.45) is 6.63. The van der Waals surface area contributed by atoms with Gasteiger partial charge in [-0.25, -0.2) is 0 Å². The lowest BCUT2D eigenvalue weighted by molar-refractivity contribution is 0.314. The highest BCUT2D eigenvalue weighted by molar-refractivity contribution is 5.67. The Hall–Kier alpha value is -1.04. The molecule has 0 heterocycles. The van der Waals surface area contributed by atoms with Gasteiger partial charge in [-0.15, -0.1) is 0 Å². The number of allylic oxidation sites excluding steroid dienone is 1. The number of aryl methyl sites for hydroxylation is 2. The highest BCUT2D eigenvalue weighted by Gasteiger charge is 2.19. The molecule has 1 aliphatic rings. The predicted octanol–water partition coefficient (Wildman–Crippen LogP) is 5.07. The lowest BCUT2D eigenvalue weighted by Gasteiger charge is -2.26. The van der Waals surface area contributed by atoms with E-state index in [0.29, 0.717) is 0 Å². The summed E-state index contributed by atoms with van der Waals surface area (Å²) in [6.45, 7) is 10.8. The third-order valence-electron chi connectivity index (χ3n) is 4.22. The van der Waals surface area contributed by atoms with Crippen LogP contribution in [0.1, 0.15) is 54.9 Å². The molecular weight excluding hydrogens is 204 g/mol. The minimum Gasteiger partial charge on any atom is -0.0952 e. The largest absolute Gasteiger partial charge is 0.0952 e. The Morgan fingerprint density at radius 1 is 1.24 bits per heavy atom. The standard InChI is InChI=1S/C17H24/c1-5-12(2)17-10-13(3)16(9-14(17)4)11-15-7-6-8-15/h9-10,15H,2,5-8,11H2,1,3-4H3. The number of hydrogen-bond donors (Lipinski definition) is 0. The van der Waals surface area contributed by atoms with E-state index in [1.54, 1.807) is 5.56 Å². The van der Waals surface area contributed by atoms with Crippen LogP contribution in [0.5, 0.6) is 0 Å². The first-order valence-electron chi connectivity index (χ1n) is 6.90. The van der Waals surface area contributed by atoms with Crippen molar-refractivity contribution >= 4 is 5.57 Å². The maximum Gasteiger partial charge on any atom is -0.0198 e. The zero-order chi connectivity index (χ0) is 12.4. The van der Waals surface area contributed by atoms with Crippen molar-refractivity contribution in [3.05, 3.63) is 41.0 Å². The zero-order valence-electron chi connectivity index (χ0n) is 11.5. The van der Waals surface area contributed by atoms with E-state index in [1.165, 1.54) is 47.9 Å². The summed E-state index contributed by atoms with van der Waals surface area (Å²) < 4.78 is 0. The summed E-state index contributed by atoms with van der Waals surface area (Å²) in [4.78, 5) is 0. The van der Waals surface area contributed by atoms with E-state index in [4.69, 9.17) is 0 Å². The third-order valence-corrected chi connectivity index (χ3v) is 4.22. The Balaban J connectivity index is 2.24. The SMILES string of the molecule is C=C(CC)c1cc(C)c(CC2CCC2)cc1C. The highest BCUT2D eigenvalue weighted by atomic mass is 14.2. The van der Waals surface area contributed by atoms with E-state index in [9.17, 15) is 0 Å². The molecule has 1 aromatic rings. The van der Waals surface area contributed by atoms with Crippen molar-refractivity contribution in [2.75, 3.05) is 0 Å². The maximum absolute atomic E-state index is 4.16. The Kier molecular flexibility index (Phi) is 3.71. The van der Waals surface area contributed by atoms with E-state index in [0.717, 1.165) is 12.3 Å². The molecule has 1 aliphatic carbocycles. The van der Waals surface area contributed by atoms with Crippen LogP contribution in [-0.4, -0.2) is 0 Å². The third kappa shape index (κ3) is 2.62. The molecule has 2 rings (SSSR count). The fourth-order valence-electron chi connectivity index (χ4n) is 2.68. The average Bonchev–Trinajstić information content (AvgIpc) is 2.26. The van der Waals surface area contributed by atoms with Gasteiger partial charge in [0.15, 0.2) is 0 Å². The molecule has 0 unspecified atom stereocenters. The van der Waals surface area contributed by atoms with Crippen LogP contribution in [0.25, 0.3) is 5.57 Å². The summed E-state index contributed by atoms with van der Waals surface area (Å²) in [5.41, 5.74) is 7.03. The van der Waals surface area contributed by atoms with E-state index < -0.39 is 0 Å². The molecule has 0 atom stereocenters. The van der Waals surface area contributed by atoms with Crippen molar-refractivity contribution < 1.29 is 0 Å². The molecule has 0 spiro atoms. The second-order valence-electron chi connectivity index (χ2n) is 5.55. The van der Waals surface area contributed by atoms with Crippen molar-refractivity contribution in [1.29, 1.82) is 0 Å². The minimum atomic E-state index is 0.952. The van der Waals surface area contributed by atoms with Crippen molar-refractivity contribution in [3.8, 4) is 0 Å². The van der Waals surface area contributed by atoms with Crippen LogP contribution >= 0.6 is 0 Å². The van der Waals surface area contributed by atoms with Crippen LogP contribution in [0.3, 0.4) is 0 Å². The maximum atomic E-state index is 4.16. The zero-order valence-corrected chi connectivity index (χ0v) is 11.5. The smallest absolute Gasteiger partial charge is 0.0198 e. The highest BCUT2D eigenvalue weighted by Crippen LogP contribution is 2.32. The minimum absolute atomic E-state index is 0.952. The van der Waals surface area contributed by atoms with Crippen LogP contribution < -0.4 is 0 Å². The lowest BCUT2D eigenvalue weighted by Crippen LogP contribution is -2.14. The second-order valence-corrected chi connectivity index (χ2v) is 5.55.